The van der Waals surface area contributed by atoms with Gasteiger partial charge in [0, 0.05) is 23.4 Å². The molecular weight excluding hydrogens is 378 g/mol. The van der Waals surface area contributed by atoms with Crippen molar-refractivity contribution >= 4 is 29.4 Å². The van der Waals surface area contributed by atoms with Crippen LogP contribution in [0.25, 0.3) is 6.08 Å². The summed E-state index contributed by atoms with van der Waals surface area (Å²) in [5.41, 5.74) is 1.83. The number of rotatable bonds is 4. The number of benzene rings is 2. The molecule has 1 aromatic heterocycles. The van der Waals surface area contributed by atoms with E-state index in [0.29, 0.717) is 27.8 Å². The molecule has 0 unspecified atom stereocenters. The first kappa shape index (κ1) is 17.9. The van der Waals surface area contributed by atoms with E-state index in [9.17, 15) is 9.59 Å². The molecule has 138 valence electrons. The molecule has 0 N–H and O–H groups in total. The Morgan fingerprint density at radius 2 is 1.93 bits per heavy atom. The molecule has 0 aliphatic carbocycles. The van der Waals surface area contributed by atoms with E-state index in [1.54, 1.807) is 60.8 Å². The molecule has 28 heavy (non-hydrogen) atoms. The highest BCUT2D eigenvalue weighted by Gasteiger charge is 2.28. The van der Waals surface area contributed by atoms with Crippen molar-refractivity contribution in [1.29, 1.82) is 0 Å². The zero-order valence-electron chi connectivity index (χ0n) is 14.6. The lowest BCUT2D eigenvalue weighted by Gasteiger charge is -2.06. The summed E-state index contributed by atoms with van der Waals surface area (Å²) < 4.78 is 11.0. The van der Waals surface area contributed by atoms with Crippen LogP contribution in [0.3, 0.4) is 0 Å². The van der Waals surface area contributed by atoms with E-state index in [4.69, 9.17) is 21.1 Å². The second kappa shape index (κ2) is 7.66. The van der Waals surface area contributed by atoms with Gasteiger partial charge in [-0.25, -0.2) is 0 Å². The lowest BCUT2D eigenvalue weighted by molar-refractivity contribution is -0.133. The molecule has 3 aromatic rings. The number of ketones is 1. The summed E-state index contributed by atoms with van der Waals surface area (Å²) in [6.45, 7) is 0. The van der Waals surface area contributed by atoms with Gasteiger partial charge in [0.15, 0.2) is 5.76 Å². The minimum Gasteiger partial charge on any atom is -0.452 e. The zero-order chi connectivity index (χ0) is 19.5. The quantitative estimate of drug-likeness (QED) is 0.372. The van der Waals surface area contributed by atoms with Crippen LogP contribution in [0.15, 0.2) is 72.6 Å². The Kier molecular flexibility index (Phi) is 4.91. The number of fused-ring (bicyclic) bond motifs is 1. The lowest BCUT2D eigenvalue weighted by atomic mass is 10.1. The van der Waals surface area contributed by atoms with E-state index in [1.807, 2.05) is 6.07 Å². The van der Waals surface area contributed by atoms with Gasteiger partial charge in [-0.05, 0) is 42.0 Å². The zero-order valence-corrected chi connectivity index (χ0v) is 15.3. The molecule has 0 radical (unpaired) electrons. The monoisotopic (exact) mass is 391 g/mol. The van der Waals surface area contributed by atoms with Gasteiger partial charge < -0.3 is 9.47 Å². The first-order valence-electron chi connectivity index (χ1n) is 8.53. The van der Waals surface area contributed by atoms with Gasteiger partial charge in [0.2, 0.25) is 5.78 Å². The SMILES string of the molecule is O=C(Cc1ccc(Cl)cc1)Oc1ccc2c(c1)O/C(=C\c1ccccn1)C2=O. The van der Waals surface area contributed by atoms with Crippen LogP contribution in [0.4, 0.5) is 0 Å². The van der Waals surface area contributed by atoms with Crippen molar-refractivity contribution in [1.82, 2.24) is 4.98 Å². The fourth-order valence-electron chi connectivity index (χ4n) is 2.76. The first-order valence-corrected chi connectivity index (χ1v) is 8.91. The molecule has 0 saturated carbocycles. The molecule has 0 atom stereocenters. The second-order valence-electron chi connectivity index (χ2n) is 6.13. The fraction of sp³-hybridized carbons (Fsp3) is 0.0455. The lowest BCUT2D eigenvalue weighted by Crippen LogP contribution is -2.11. The third-order valence-corrected chi connectivity index (χ3v) is 4.35. The average Bonchev–Trinajstić information content (AvgIpc) is 2.99. The number of allylic oxidation sites excluding steroid dienone is 1. The number of nitrogens with zero attached hydrogens (tertiary/aromatic N) is 1. The van der Waals surface area contributed by atoms with E-state index in [2.05, 4.69) is 4.98 Å². The molecule has 0 amide bonds. The van der Waals surface area contributed by atoms with Gasteiger partial charge in [-0.1, -0.05) is 29.8 Å². The number of hydrogen-bond donors (Lipinski definition) is 0. The summed E-state index contributed by atoms with van der Waals surface area (Å²) in [7, 11) is 0. The summed E-state index contributed by atoms with van der Waals surface area (Å²) in [6, 6.07) is 17.0. The molecule has 1 aliphatic heterocycles. The van der Waals surface area contributed by atoms with Crippen LogP contribution in [-0.4, -0.2) is 16.7 Å². The van der Waals surface area contributed by atoms with Crippen molar-refractivity contribution in [2.24, 2.45) is 0 Å². The van der Waals surface area contributed by atoms with Gasteiger partial charge in [0.25, 0.3) is 0 Å². The van der Waals surface area contributed by atoms with Gasteiger partial charge >= 0.3 is 5.97 Å². The van der Waals surface area contributed by atoms with Gasteiger partial charge in [-0.15, -0.1) is 0 Å². The predicted molar refractivity (Wildman–Crippen MR) is 104 cm³/mol. The topological polar surface area (TPSA) is 65.5 Å². The smallest absolute Gasteiger partial charge is 0.315 e. The third-order valence-electron chi connectivity index (χ3n) is 4.10. The van der Waals surface area contributed by atoms with Crippen molar-refractivity contribution in [2.75, 3.05) is 0 Å². The Bertz CT molecular complexity index is 1080. The number of carbonyl (C=O) groups excluding carboxylic acids is 2. The van der Waals surface area contributed by atoms with Crippen molar-refractivity contribution in [3.05, 3.63) is 94.5 Å². The first-order chi connectivity index (χ1) is 13.6. The number of carbonyl (C=O) groups is 2. The van der Waals surface area contributed by atoms with Crippen LogP contribution in [0.2, 0.25) is 5.02 Å². The van der Waals surface area contributed by atoms with Crippen LogP contribution in [0.1, 0.15) is 21.6 Å². The van der Waals surface area contributed by atoms with Crippen LogP contribution in [0.5, 0.6) is 11.5 Å². The normalized spacial score (nSPS) is 13.9. The third kappa shape index (κ3) is 3.94. The standard InChI is InChI=1S/C22H14ClNO4/c23-15-6-4-14(5-7-15)11-21(25)27-17-8-9-18-19(13-17)28-20(22(18)26)12-16-3-1-2-10-24-16/h1-10,12-13H,11H2/b20-12-. The number of pyridine rings is 1. The molecule has 0 saturated heterocycles. The van der Waals surface area contributed by atoms with Gasteiger partial charge in [-0.3, -0.25) is 14.6 Å². The second-order valence-corrected chi connectivity index (χ2v) is 6.57. The number of aromatic nitrogens is 1. The van der Waals surface area contributed by atoms with E-state index >= 15 is 0 Å². The van der Waals surface area contributed by atoms with Crippen molar-refractivity contribution in [3.63, 3.8) is 0 Å². The Balaban J connectivity index is 1.47. The molecule has 1 aliphatic rings. The molecular formula is C22H14ClNO4. The molecule has 0 bridgehead atoms. The van der Waals surface area contributed by atoms with Gasteiger partial charge in [0.1, 0.15) is 11.5 Å². The van der Waals surface area contributed by atoms with Crippen LogP contribution < -0.4 is 9.47 Å². The fourth-order valence-corrected chi connectivity index (χ4v) is 2.89. The van der Waals surface area contributed by atoms with Crippen LogP contribution in [-0.2, 0) is 11.2 Å². The summed E-state index contributed by atoms with van der Waals surface area (Å²) in [6.07, 6.45) is 3.32. The molecule has 2 aromatic carbocycles. The van der Waals surface area contributed by atoms with E-state index in [-0.39, 0.29) is 18.0 Å². The number of esters is 1. The largest absolute Gasteiger partial charge is 0.452 e. The highest BCUT2D eigenvalue weighted by molar-refractivity contribution is 6.30. The molecule has 6 heteroatoms. The minimum atomic E-state index is -0.421. The summed E-state index contributed by atoms with van der Waals surface area (Å²) in [5, 5.41) is 0.604. The molecule has 5 nitrogen and oxygen atoms in total. The van der Waals surface area contributed by atoms with E-state index in [0.717, 1.165) is 5.56 Å². The highest BCUT2D eigenvalue weighted by Crippen LogP contribution is 2.34. The number of hydrogen-bond acceptors (Lipinski definition) is 5. The van der Waals surface area contributed by atoms with E-state index < -0.39 is 5.97 Å². The van der Waals surface area contributed by atoms with Crippen molar-refractivity contribution < 1.29 is 19.1 Å². The summed E-state index contributed by atoms with van der Waals surface area (Å²) in [4.78, 5) is 28.8. The van der Waals surface area contributed by atoms with Crippen molar-refractivity contribution in [3.8, 4) is 11.5 Å². The van der Waals surface area contributed by atoms with Crippen LogP contribution in [0, 0.1) is 0 Å². The number of Topliss-reactive ketones (excluding diaryl/α,β-unsaturated/α-hetero) is 1. The Morgan fingerprint density at radius 1 is 1.11 bits per heavy atom. The maximum atomic E-state index is 12.5. The van der Waals surface area contributed by atoms with Crippen LogP contribution >= 0.6 is 11.6 Å². The molecule has 4 rings (SSSR count). The highest BCUT2D eigenvalue weighted by atomic mass is 35.5. The van der Waals surface area contributed by atoms with Crippen molar-refractivity contribution in [2.45, 2.75) is 6.42 Å². The minimum absolute atomic E-state index is 0.110. The number of halogens is 1. The van der Waals surface area contributed by atoms with Gasteiger partial charge in [0.05, 0.1) is 17.7 Å². The molecule has 0 fully saturated rings. The Morgan fingerprint density at radius 3 is 2.68 bits per heavy atom. The number of ether oxygens (including phenoxy) is 2. The average molecular weight is 392 g/mol. The molecule has 0 spiro atoms. The predicted octanol–water partition coefficient (Wildman–Crippen LogP) is 4.50. The Hall–Kier alpha value is -3.44. The summed E-state index contributed by atoms with van der Waals surface area (Å²) >= 11 is 5.84. The Labute approximate surface area is 166 Å². The maximum Gasteiger partial charge on any atom is 0.315 e. The van der Waals surface area contributed by atoms with Gasteiger partial charge in [-0.2, -0.15) is 0 Å². The van der Waals surface area contributed by atoms with E-state index in [1.165, 1.54) is 6.07 Å². The summed E-state index contributed by atoms with van der Waals surface area (Å²) in [5.74, 6) is 0.183. The molecule has 2 heterocycles. The maximum absolute atomic E-state index is 12.5.